The summed E-state index contributed by atoms with van der Waals surface area (Å²) in [5.41, 5.74) is 0.824. The van der Waals surface area contributed by atoms with Gasteiger partial charge in [0, 0.05) is 12.0 Å². The Bertz CT molecular complexity index is 431. The first kappa shape index (κ1) is 12.8. The Labute approximate surface area is 102 Å². The lowest BCUT2D eigenvalue weighted by Crippen LogP contribution is -2.10. The number of nitrogens with zero attached hydrogens (tertiary/aromatic N) is 1. The quantitative estimate of drug-likeness (QED) is 0.631. The summed E-state index contributed by atoms with van der Waals surface area (Å²) in [7, 11) is 0. The lowest BCUT2D eigenvalue weighted by molar-refractivity contribution is -0.385. The summed E-state index contributed by atoms with van der Waals surface area (Å²) in [6.45, 7) is 3.34. The Morgan fingerprint density at radius 2 is 2.19 bits per heavy atom. The molecule has 0 bridgehead atoms. The van der Waals surface area contributed by atoms with Crippen LogP contribution in [0.3, 0.4) is 0 Å². The van der Waals surface area contributed by atoms with Gasteiger partial charge in [-0.1, -0.05) is 19.1 Å². The predicted molar refractivity (Wildman–Crippen MR) is 64.3 cm³/mol. The minimum absolute atomic E-state index is 0.0354. The summed E-state index contributed by atoms with van der Waals surface area (Å²) < 4.78 is 0.466. The summed E-state index contributed by atoms with van der Waals surface area (Å²) in [6, 6.07) is 4.85. The van der Waals surface area contributed by atoms with Crippen molar-refractivity contribution in [3.63, 3.8) is 0 Å². The average molecular weight is 286 g/mol. The molecule has 5 heteroatoms. The van der Waals surface area contributed by atoms with Crippen LogP contribution in [0.4, 0.5) is 5.69 Å². The molecule has 0 aromatic heterocycles. The smallest absolute Gasteiger partial charge is 0.283 e. The maximum absolute atomic E-state index is 11.1. The van der Waals surface area contributed by atoms with E-state index in [9.17, 15) is 14.9 Å². The number of carbonyl (C=O) groups is 1. The van der Waals surface area contributed by atoms with E-state index in [2.05, 4.69) is 15.9 Å². The van der Waals surface area contributed by atoms with E-state index in [1.165, 1.54) is 13.0 Å². The molecule has 1 rings (SSSR count). The van der Waals surface area contributed by atoms with E-state index in [1.54, 1.807) is 12.1 Å². The summed E-state index contributed by atoms with van der Waals surface area (Å²) in [5.74, 6) is -0.0447. The van der Waals surface area contributed by atoms with Crippen molar-refractivity contribution in [1.29, 1.82) is 0 Å². The summed E-state index contributed by atoms with van der Waals surface area (Å²) >= 11 is 3.21. The van der Waals surface area contributed by atoms with Gasteiger partial charge in [0.15, 0.2) is 0 Å². The Kier molecular flexibility index (Phi) is 4.18. The van der Waals surface area contributed by atoms with Crippen molar-refractivity contribution in [2.24, 2.45) is 5.92 Å². The Morgan fingerprint density at radius 3 is 2.69 bits per heavy atom. The van der Waals surface area contributed by atoms with E-state index in [0.717, 1.165) is 5.56 Å². The van der Waals surface area contributed by atoms with Gasteiger partial charge < -0.3 is 0 Å². The van der Waals surface area contributed by atoms with Crippen LogP contribution in [0, 0.1) is 16.0 Å². The molecule has 86 valence electrons. The normalized spacial score (nSPS) is 12.2. The zero-order valence-corrected chi connectivity index (χ0v) is 10.7. The first-order valence-corrected chi connectivity index (χ1v) is 5.65. The van der Waals surface area contributed by atoms with Crippen molar-refractivity contribution >= 4 is 27.4 Å². The molecule has 1 atom stereocenters. The van der Waals surface area contributed by atoms with Crippen LogP contribution < -0.4 is 0 Å². The van der Waals surface area contributed by atoms with Crippen LogP contribution in [0.2, 0.25) is 0 Å². The first-order valence-electron chi connectivity index (χ1n) is 4.85. The van der Waals surface area contributed by atoms with Crippen molar-refractivity contribution in [2.75, 3.05) is 0 Å². The van der Waals surface area contributed by atoms with Crippen molar-refractivity contribution < 1.29 is 9.72 Å². The monoisotopic (exact) mass is 285 g/mol. The van der Waals surface area contributed by atoms with E-state index in [1.807, 2.05) is 6.92 Å². The van der Waals surface area contributed by atoms with Gasteiger partial charge in [0.2, 0.25) is 0 Å². The highest BCUT2D eigenvalue weighted by molar-refractivity contribution is 9.10. The topological polar surface area (TPSA) is 60.2 Å². The lowest BCUT2D eigenvalue weighted by Gasteiger charge is -2.09. The number of Topliss-reactive ketones (excluding diaryl/α,β-unsaturated/α-hetero) is 1. The van der Waals surface area contributed by atoms with Gasteiger partial charge in [-0.2, -0.15) is 0 Å². The van der Waals surface area contributed by atoms with E-state index in [4.69, 9.17) is 0 Å². The molecule has 1 aromatic rings. The number of hydrogen-bond acceptors (Lipinski definition) is 3. The van der Waals surface area contributed by atoms with Crippen molar-refractivity contribution in [3.05, 3.63) is 38.3 Å². The van der Waals surface area contributed by atoms with Gasteiger partial charge in [0.05, 0.1) is 9.40 Å². The lowest BCUT2D eigenvalue weighted by atomic mass is 9.98. The summed E-state index contributed by atoms with van der Waals surface area (Å²) in [6.07, 6.45) is 0.512. The van der Waals surface area contributed by atoms with E-state index in [-0.39, 0.29) is 17.4 Å². The molecule has 0 amide bonds. The number of rotatable bonds is 4. The van der Waals surface area contributed by atoms with Crippen LogP contribution in [-0.4, -0.2) is 10.7 Å². The molecule has 0 fully saturated rings. The molecular formula is C11H12BrNO3. The second-order valence-corrected chi connectivity index (χ2v) is 4.52. The summed E-state index contributed by atoms with van der Waals surface area (Å²) in [4.78, 5) is 21.4. The third kappa shape index (κ3) is 2.88. The Hall–Kier alpha value is -1.23. The van der Waals surface area contributed by atoms with E-state index < -0.39 is 4.92 Å². The first-order chi connectivity index (χ1) is 7.43. The van der Waals surface area contributed by atoms with Crippen molar-refractivity contribution in [3.8, 4) is 0 Å². The molecule has 16 heavy (non-hydrogen) atoms. The molecule has 0 heterocycles. The molecule has 1 unspecified atom stereocenters. The molecule has 0 saturated heterocycles. The summed E-state index contributed by atoms with van der Waals surface area (Å²) in [5, 5.41) is 10.7. The SMILES string of the molecule is CC(=O)C(C)Cc1cccc([N+](=O)[O-])c1Br. The standard InChI is InChI=1S/C11H12BrNO3/c1-7(8(2)14)6-9-4-3-5-10(11(9)12)13(15)16/h3-5,7H,6H2,1-2H3. The molecule has 0 N–H and O–H groups in total. The van der Waals surface area contributed by atoms with Crippen LogP contribution in [0.25, 0.3) is 0 Å². The van der Waals surface area contributed by atoms with Crippen molar-refractivity contribution in [2.45, 2.75) is 20.3 Å². The maximum atomic E-state index is 11.1. The molecule has 0 radical (unpaired) electrons. The molecule has 1 aromatic carbocycles. The number of hydrogen-bond donors (Lipinski definition) is 0. The number of carbonyl (C=O) groups excluding carboxylic acids is 1. The fourth-order valence-corrected chi connectivity index (χ4v) is 1.91. The fraction of sp³-hybridized carbons (Fsp3) is 0.364. The molecule has 4 nitrogen and oxygen atoms in total. The maximum Gasteiger partial charge on any atom is 0.283 e. The predicted octanol–water partition coefficient (Wildman–Crippen LogP) is 3.12. The zero-order chi connectivity index (χ0) is 12.3. The van der Waals surface area contributed by atoms with Gasteiger partial charge in [-0.3, -0.25) is 14.9 Å². The van der Waals surface area contributed by atoms with Gasteiger partial charge in [-0.15, -0.1) is 0 Å². The number of ketones is 1. The van der Waals surface area contributed by atoms with Crippen LogP contribution in [0.1, 0.15) is 19.4 Å². The molecule has 0 spiro atoms. The zero-order valence-electron chi connectivity index (χ0n) is 9.07. The molecule has 0 saturated carbocycles. The number of nitro groups is 1. The van der Waals surface area contributed by atoms with Gasteiger partial charge in [-0.25, -0.2) is 0 Å². The Balaban J connectivity index is 3.02. The minimum Gasteiger partial charge on any atom is -0.300 e. The third-order valence-corrected chi connectivity index (χ3v) is 3.39. The van der Waals surface area contributed by atoms with Crippen LogP contribution in [0.15, 0.2) is 22.7 Å². The largest absolute Gasteiger partial charge is 0.300 e. The number of nitro benzene ring substituents is 1. The van der Waals surface area contributed by atoms with Gasteiger partial charge in [0.25, 0.3) is 5.69 Å². The average Bonchev–Trinajstić information content (AvgIpc) is 2.20. The number of benzene rings is 1. The third-order valence-electron chi connectivity index (χ3n) is 2.48. The van der Waals surface area contributed by atoms with Gasteiger partial charge in [-0.05, 0) is 34.8 Å². The highest BCUT2D eigenvalue weighted by Crippen LogP contribution is 2.29. The molecule has 0 aliphatic carbocycles. The molecule has 0 aliphatic heterocycles. The molecular weight excluding hydrogens is 274 g/mol. The van der Waals surface area contributed by atoms with Gasteiger partial charge >= 0.3 is 0 Å². The number of halogens is 1. The highest BCUT2D eigenvalue weighted by atomic mass is 79.9. The highest BCUT2D eigenvalue weighted by Gasteiger charge is 2.17. The Morgan fingerprint density at radius 1 is 1.56 bits per heavy atom. The fourth-order valence-electron chi connectivity index (χ4n) is 1.34. The second-order valence-electron chi connectivity index (χ2n) is 3.72. The van der Waals surface area contributed by atoms with E-state index in [0.29, 0.717) is 10.9 Å². The van der Waals surface area contributed by atoms with E-state index >= 15 is 0 Å². The van der Waals surface area contributed by atoms with Gasteiger partial charge in [0.1, 0.15) is 5.78 Å². The second kappa shape index (κ2) is 5.21. The minimum atomic E-state index is -0.438. The van der Waals surface area contributed by atoms with Crippen molar-refractivity contribution in [1.82, 2.24) is 0 Å². The van der Waals surface area contributed by atoms with Crippen LogP contribution >= 0.6 is 15.9 Å². The van der Waals surface area contributed by atoms with Crippen LogP contribution in [0.5, 0.6) is 0 Å². The molecule has 0 aliphatic rings. The van der Waals surface area contributed by atoms with Crippen LogP contribution in [-0.2, 0) is 11.2 Å².